The molecule has 3 N–H and O–H groups in total. The molecule has 0 spiro atoms. The summed E-state index contributed by atoms with van der Waals surface area (Å²) in [6, 6.07) is 8.38. The van der Waals surface area contributed by atoms with E-state index >= 15 is 4.39 Å². The minimum absolute atomic E-state index is 0.0646. The van der Waals surface area contributed by atoms with Gasteiger partial charge in [-0.25, -0.2) is 18.8 Å². The number of carbonyl (C=O) groups is 5. The number of nitrogens with one attached hydrogen (secondary N) is 1. The summed E-state index contributed by atoms with van der Waals surface area (Å²) in [6.45, 7) is 14.0. The number of carbonyl (C=O) groups excluding carboxylic acids is 5. The molecule has 2 amide bonds. The molecule has 0 radical (unpaired) electrons. The van der Waals surface area contributed by atoms with Crippen molar-refractivity contribution in [1.29, 1.82) is 0 Å². The molecule has 376 valence electrons. The van der Waals surface area contributed by atoms with E-state index in [1.807, 2.05) is 11.8 Å². The number of benzene rings is 1. The summed E-state index contributed by atoms with van der Waals surface area (Å²) in [4.78, 5) is 76.2. The van der Waals surface area contributed by atoms with Crippen LogP contribution in [0, 0.1) is 22.6 Å². The Balaban J connectivity index is 1.26. The number of esters is 3. The predicted molar refractivity (Wildman–Crippen MR) is 241 cm³/mol. The molecule has 19 heteroatoms. The Morgan fingerprint density at radius 1 is 1.03 bits per heavy atom. The van der Waals surface area contributed by atoms with E-state index < -0.39 is 130 Å². The van der Waals surface area contributed by atoms with Gasteiger partial charge in [0.2, 0.25) is 5.91 Å². The SMILES string of the molecule is CC(=O)O[C@@]12CO[C@@H]1CC[C@@]1(C)[C@@H]3O[C@H](CN4CC[C@H]4C(=O)N(C)C)O[C@@H]3C3=C(C)[C@@H](OC(=O)[C@H](O)[C@@H](NC(=O)OC(C)(C)C)c4ncccc4F)C[C@@](O)([C@@H](OC(=O)c4ccccc4)[C@@H]12)C3(C)C. The summed E-state index contributed by atoms with van der Waals surface area (Å²) in [5.74, 6) is -4.78. The van der Waals surface area contributed by atoms with Crippen LogP contribution < -0.4 is 5.32 Å². The Labute approximate surface area is 401 Å². The van der Waals surface area contributed by atoms with Crippen molar-refractivity contribution in [3.63, 3.8) is 0 Å². The van der Waals surface area contributed by atoms with Crippen LogP contribution in [0.2, 0.25) is 0 Å². The van der Waals surface area contributed by atoms with Gasteiger partial charge in [-0.2, -0.15) is 0 Å². The van der Waals surface area contributed by atoms with Gasteiger partial charge in [-0.3, -0.25) is 19.5 Å². The maximum absolute atomic E-state index is 15.4. The first-order chi connectivity index (χ1) is 32.3. The topological polar surface area (TPSA) is 222 Å². The first-order valence-corrected chi connectivity index (χ1v) is 23.6. The fourth-order valence-corrected chi connectivity index (χ4v) is 11.9. The van der Waals surface area contributed by atoms with E-state index in [-0.39, 0.29) is 24.6 Å². The molecule has 5 fully saturated rings. The number of hydrogen-bond donors (Lipinski definition) is 3. The number of fused-ring (bicyclic) bond motifs is 8. The normalized spacial score (nSPS) is 34.3. The zero-order valence-corrected chi connectivity index (χ0v) is 40.9. The maximum Gasteiger partial charge on any atom is 0.408 e. The van der Waals surface area contributed by atoms with Crippen LogP contribution in [0.25, 0.3) is 0 Å². The van der Waals surface area contributed by atoms with E-state index in [1.165, 1.54) is 24.1 Å². The lowest BCUT2D eigenvalue weighted by Gasteiger charge is -2.68. The first kappa shape index (κ1) is 50.3. The number of amides is 2. The average molecular weight is 965 g/mol. The van der Waals surface area contributed by atoms with Crippen molar-refractivity contribution in [2.24, 2.45) is 16.7 Å². The van der Waals surface area contributed by atoms with E-state index in [0.29, 0.717) is 37.0 Å². The number of ether oxygens (including phenoxy) is 7. The van der Waals surface area contributed by atoms with Gasteiger partial charge in [-0.1, -0.05) is 39.0 Å². The molecular weight excluding hydrogens is 900 g/mol. The molecule has 2 aromatic rings. The van der Waals surface area contributed by atoms with Crippen LogP contribution in [0.4, 0.5) is 9.18 Å². The van der Waals surface area contributed by atoms with Crippen molar-refractivity contribution in [2.75, 3.05) is 33.8 Å². The first-order valence-electron chi connectivity index (χ1n) is 23.6. The number of nitrogens with zero attached hydrogens (tertiary/aromatic N) is 3. The van der Waals surface area contributed by atoms with Gasteiger partial charge in [0.25, 0.3) is 0 Å². The van der Waals surface area contributed by atoms with Gasteiger partial charge in [-0.05, 0) is 82.4 Å². The minimum atomic E-state index is -2.28. The van der Waals surface area contributed by atoms with Crippen molar-refractivity contribution in [3.8, 4) is 0 Å². The molecule has 8 rings (SSSR count). The highest BCUT2D eigenvalue weighted by molar-refractivity contribution is 5.89. The van der Waals surface area contributed by atoms with Crippen LogP contribution in [0.3, 0.4) is 0 Å². The lowest BCUT2D eigenvalue weighted by atomic mass is 9.45. The Hall–Kier alpha value is -5.05. The molecule has 6 aliphatic rings. The smallest absolute Gasteiger partial charge is 0.408 e. The number of aromatic nitrogens is 1. The van der Waals surface area contributed by atoms with Gasteiger partial charge in [-0.15, -0.1) is 0 Å². The third-order valence-corrected chi connectivity index (χ3v) is 15.4. The molecule has 4 heterocycles. The van der Waals surface area contributed by atoms with Gasteiger partial charge in [0.05, 0.1) is 36.8 Å². The number of likely N-dealkylation sites (tertiary alicyclic amines) is 1. The maximum atomic E-state index is 15.4. The van der Waals surface area contributed by atoms with Crippen molar-refractivity contribution in [2.45, 2.75) is 153 Å². The van der Waals surface area contributed by atoms with Crippen LogP contribution in [-0.4, -0.2) is 154 Å². The molecule has 3 aliphatic carbocycles. The average Bonchev–Trinajstić information content (AvgIpc) is 3.67. The molecule has 3 aliphatic heterocycles. The van der Waals surface area contributed by atoms with Crippen LogP contribution >= 0.6 is 0 Å². The number of rotatable bonds is 11. The number of alkyl carbamates (subject to hydrolysis) is 1. The van der Waals surface area contributed by atoms with E-state index in [4.69, 9.17) is 33.2 Å². The highest BCUT2D eigenvalue weighted by Gasteiger charge is 2.77. The van der Waals surface area contributed by atoms with E-state index in [1.54, 1.807) is 86.0 Å². The fourth-order valence-electron chi connectivity index (χ4n) is 11.9. The van der Waals surface area contributed by atoms with Crippen molar-refractivity contribution >= 4 is 29.9 Å². The summed E-state index contributed by atoms with van der Waals surface area (Å²) >= 11 is 0. The second-order valence-corrected chi connectivity index (χ2v) is 21.4. The number of pyridine rings is 1. The molecule has 3 saturated heterocycles. The number of halogens is 1. The number of aliphatic hydroxyl groups excluding tert-OH is 1. The highest BCUT2D eigenvalue weighted by atomic mass is 19.1. The monoisotopic (exact) mass is 964 g/mol. The minimum Gasteiger partial charge on any atom is -0.456 e. The summed E-state index contributed by atoms with van der Waals surface area (Å²) in [5, 5.41) is 28.2. The van der Waals surface area contributed by atoms with E-state index in [2.05, 4.69) is 10.3 Å². The van der Waals surface area contributed by atoms with E-state index in [9.17, 15) is 34.2 Å². The molecule has 1 aromatic heterocycles. The summed E-state index contributed by atoms with van der Waals surface area (Å²) < 4.78 is 60.3. The third kappa shape index (κ3) is 8.81. The van der Waals surface area contributed by atoms with Crippen LogP contribution in [0.1, 0.15) is 103 Å². The largest absolute Gasteiger partial charge is 0.456 e. The van der Waals surface area contributed by atoms with Gasteiger partial charge < -0.3 is 53.6 Å². The lowest BCUT2D eigenvalue weighted by molar-refractivity contribution is -0.345. The third-order valence-electron chi connectivity index (χ3n) is 15.4. The lowest BCUT2D eigenvalue weighted by Crippen LogP contribution is -2.79. The Kier molecular flexibility index (Phi) is 13.3. The molecule has 2 bridgehead atoms. The van der Waals surface area contributed by atoms with Crippen LogP contribution in [-0.2, 0) is 47.5 Å². The zero-order chi connectivity index (χ0) is 50.2. The molecule has 0 unspecified atom stereocenters. The van der Waals surface area contributed by atoms with E-state index in [0.717, 1.165) is 6.07 Å². The molecule has 18 nitrogen and oxygen atoms in total. The zero-order valence-electron chi connectivity index (χ0n) is 40.9. The molecule has 13 atom stereocenters. The number of likely N-dealkylation sites (N-methyl/N-ethyl adjacent to an activating group) is 1. The highest BCUT2D eigenvalue weighted by Crippen LogP contribution is 2.67. The molecular formula is C50H65FN4O14. The Bertz CT molecular complexity index is 2380. The predicted octanol–water partition coefficient (Wildman–Crippen LogP) is 4.17. The standard InChI is InChI=1S/C50H65FN4O14/c1-26-31(64-44(60)37(57)36(35-29(51)17-14-21-52-35)53-45(61)69-46(3,4)5)23-50(62)41(67-43(59)28-15-12-11-13-16-28)39-48(8,20-18-32-49(39,25-63-32)68-27(2)56)40-38(34(26)47(50,6)7)65-33(66-40)24-55-22-19-30(55)42(58)54(9)10/h11-17,21,30-33,36-41,57,62H,18-20,22-25H2,1-10H3,(H,53,61)/t30-,31-,32+,33+,36-,37+,38+,39-,40+,41-,48+,49-,50+/m0/s1. The fraction of sp³-hybridized carbons (Fsp3) is 0.640. The number of aliphatic hydroxyl groups is 2. The van der Waals surface area contributed by atoms with Crippen molar-refractivity contribution in [3.05, 3.63) is 76.9 Å². The number of hydrogen-bond acceptors (Lipinski definition) is 16. The summed E-state index contributed by atoms with van der Waals surface area (Å²) in [6.07, 6.45) is -7.48. The second kappa shape index (κ2) is 18.3. The van der Waals surface area contributed by atoms with Gasteiger partial charge in [0.1, 0.15) is 53.2 Å². The van der Waals surface area contributed by atoms with Gasteiger partial charge >= 0.3 is 24.0 Å². The summed E-state index contributed by atoms with van der Waals surface area (Å²) in [5.41, 5.74) is -6.55. The molecule has 69 heavy (non-hydrogen) atoms. The van der Waals surface area contributed by atoms with Crippen LogP contribution in [0.5, 0.6) is 0 Å². The van der Waals surface area contributed by atoms with Gasteiger partial charge in [0, 0.05) is 51.0 Å². The van der Waals surface area contributed by atoms with Crippen molar-refractivity contribution in [1.82, 2.24) is 20.1 Å². The Morgan fingerprint density at radius 3 is 2.33 bits per heavy atom. The van der Waals surface area contributed by atoms with Crippen LogP contribution in [0.15, 0.2) is 59.8 Å². The van der Waals surface area contributed by atoms with Crippen molar-refractivity contribution < 1.29 is 71.7 Å². The molecule has 1 aromatic carbocycles. The Morgan fingerprint density at radius 2 is 1.74 bits per heavy atom. The van der Waals surface area contributed by atoms with Gasteiger partial charge in [0.15, 0.2) is 18.0 Å². The molecule has 2 saturated carbocycles. The second-order valence-electron chi connectivity index (χ2n) is 21.4. The summed E-state index contributed by atoms with van der Waals surface area (Å²) in [7, 11) is 3.39. The quantitative estimate of drug-likeness (QED) is 0.163.